The van der Waals surface area contributed by atoms with Crippen LogP contribution < -0.4 is 5.32 Å². The number of carbonyl (C=O) groups excluding carboxylic acids is 1. The second kappa shape index (κ2) is 7.30. The summed E-state index contributed by atoms with van der Waals surface area (Å²) in [6.07, 6.45) is 2.84. The van der Waals surface area contributed by atoms with Crippen molar-refractivity contribution in [3.05, 3.63) is 48.4 Å². The Hall–Kier alpha value is -2.32. The van der Waals surface area contributed by atoms with Crippen LogP contribution in [0.1, 0.15) is 24.2 Å². The lowest BCUT2D eigenvalue weighted by atomic mass is 10.2. The summed E-state index contributed by atoms with van der Waals surface area (Å²) < 4.78 is 26.1. The molecule has 0 aliphatic heterocycles. The molecule has 1 aromatic heterocycles. The van der Waals surface area contributed by atoms with Crippen LogP contribution in [-0.4, -0.2) is 41.7 Å². The van der Waals surface area contributed by atoms with Gasteiger partial charge in [0.05, 0.1) is 4.90 Å². The lowest BCUT2D eigenvalue weighted by Crippen LogP contribution is -2.30. The van der Waals surface area contributed by atoms with E-state index in [9.17, 15) is 13.2 Å². The quantitative estimate of drug-likeness (QED) is 0.869. The molecule has 0 spiro atoms. The molecule has 1 heterocycles. The smallest absolute Gasteiger partial charge is 0.256 e. The van der Waals surface area contributed by atoms with Crippen molar-refractivity contribution in [3.63, 3.8) is 0 Å². The molecule has 7 nitrogen and oxygen atoms in total. The summed E-state index contributed by atoms with van der Waals surface area (Å²) in [6, 6.07) is 7.39. The van der Waals surface area contributed by atoms with Crippen LogP contribution in [0.25, 0.3) is 0 Å². The molecule has 0 atom stereocenters. The third kappa shape index (κ3) is 3.91. The maximum atomic E-state index is 12.4. The van der Waals surface area contributed by atoms with Crippen molar-refractivity contribution in [1.29, 1.82) is 0 Å². The fourth-order valence-corrected chi connectivity index (χ4v) is 3.50. The van der Waals surface area contributed by atoms with Gasteiger partial charge in [0, 0.05) is 24.8 Å². The molecular formula is C15H18N4O3S. The van der Waals surface area contributed by atoms with E-state index in [-0.39, 0.29) is 10.8 Å². The lowest BCUT2D eigenvalue weighted by Gasteiger charge is -2.18. The summed E-state index contributed by atoms with van der Waals surface area (Å²) in [7, 11) is -3.52. The molecule has 0 saturated heterocycles. The molecule has 122 valence electrons. The SMILES string of the molecule is CCN(CC)S(=O)(=O)c1ccc(C(=O)Nc2ccncn2)cc1. The molecule has 1 amide bonds. The predicted octanol–water partition coefficient (Wildman–Crippen LogP) is 1.76. The summed E-state index contributed by atoms with van der Waals surface area (Å²) in [5, 5.41) is 2.61. The molecule has 0 aliphatic carbocycles. The van der Waals surface area contributed by atoms with E-state index in [1.54, 1.807) is 19.9 Å². The minimum atomic E-state index is -3.52. The number of aromatic nitrogens is 2. The zero-order chi connectivity index (χ0) is 16.9. The van der Waals surface area contributed by atoms with Crippen LogP contribution in [0.2, 0.25) is 0 Å². The van der Waals surface area contributed by atoms with Gasteiger partial charge >= 0.3 is 0 Å². The van der Waals surface area contributed by atoms with Crippen molar-refractivity contribution in [1.82, 2.24) is 14.3 Å². The number of benzene rings is 1. The maximum Gasteiger partial charge on any atom is 0.256 e. The molecule has 8 heteroatoms. The van der Waals surface area contributed by atoms with Crippen LogP contribution in [0.5, 0.6) is 0 Å². The highest BCUT2D eigenvalue weighted by Crippen LogP contribution is 2.16. The fraction of sp³-hybridized carbons (Fsp3) is 0.267. The Morgan fingerprint density at radius 3 is 2.30 bits per heavy atom. The zero-order valence-corrected chi connectivity index (χ0v) is 13.7. The monoisotopic (exact) mass is 334 g/mol. The molecule has 0 saturated carbocycles. The van der Waals surface area contributed by atoms with Gasteiger partial charge in [-0.2, -0.15) is 4.31 Å². The van der Waals surface area contributed by atoms with Crippen molar-refractivity contribution in [2.45, 2.75) is 18.7 Å². The Morgan fingerprint density at radius 1 is 1.13 bits per heavy atom. The topological polar surface area (TPSA) is 92.3 Å². The van der Waals surface area contributed by atoms with E-state index in [4.69, 9.17) is 0 Å². The summed E-state index contributed by atoms with van der Waals surface area (Å²) >= 11 is 0. The highest BCUT2D eigenvalue weighted by molar-refractivity contribution is 7.89. The molecule has 0 unspecified atom stereocenters. The first-order valence-corrected chi connectivity index (χ1v) is 8.60. The van der Waals surface area contributed by atoms with Gasteiger partial charge in [-0.25, -0.2) is 18.4 Å². The zero-order valence-electron chi connectivity index (χ0n) is 12.9. The largest absolute Gasteiger partial charge is 0.306 e. The standard InChI is InChI=1S/C15H18N4O3S/c1-3-19(4-2)23(21,22)13-7-5-12(6-8-13)15(20)18-14-9-10-16-11-17-14/h5-11H,3-4H2,1-2H3,(H,16,17,18,20). The Labute approximate surface area is 135 Å². The molecule has 0 fully saturated rings. The lowest BCUT2D eigenvalue weighted by molar-refractivity contribution is 0.102. The Kier molecular flexibility index (Phi) is 5.41. The second-order valence-electron chi connectivity index (χ2n) is 4.66. The molecule has 1 aromatic carbocycles. The van der Waals surface area contributed by atoms with Crippen molar-refractivity contribution >= 4 is 21.7 Å². The van der Waals surface area contributed by atoms with Crippen LogP contribution in [0.15, 0.2) is 47.8 Å². The molecule has 0 aliphatic rings. The third-order valence-electron chi connectivity index (χ3n) is 3.28. The number of anilines is 1. The minimum absolute atomic E-state index is 0.166. The van der Waals surface area contributed by atoms with Gasteiger partial charge in [0.25, 0.3) is 5.91 Å². The van der Waals surface area contributed by atoms with Gasteiger partial charge in [0.2, 0.25) is 10.0 Å². The normalized spacial score (nSPS) is 11.4. The number of rotatable bonds is 6. The summed E-state index contributed by atoms with van der Waals surface area (Å²) in [5.74, 6) is 0.0142. The number of amides is 1. The molecule has 2 rings (SSSR count). The third-order valence-corrected chi connectivity index (χ3v) is 5.35. The first-order chi connectivity index (χ1) is 11.0. The van der Waals surface area contributed by atoms with Gasteiger partial charge in [0.1, 0.15) is 12.1 Å². The van der Waals surface area contributed by atoms with E-state index in [2.05, 4.69) is 15.3 Å². The van der Waals surface area contributed by atoms with E-state index in [0.717, 1.165) is 0 Å². The van der Waals surface area contributed by atoms with Gasteiger partial charge in [0.15, 0.2) is 0 Å². The van der Waals surface area contributed by atoms with Crippen LogP contribution in [0.4, 0.5) is 5.82 Å². The van der Waals surface area contributed by atoms with Crippen LogP contribution in [0.3, 0.4) is 0 Å². The number of sulfonamides is 1. The molecule has 2 aromatic rings. The van der Waals surface area contributed by atoms with Crippen molar-refractivity contribution in [3.8, 4) is 0 Å². The van der Waals surface area contributed by atoms with Crippen molar-refractivity contribution in [2.75, 3.05) is 18.4 Å². The summed E-state index contributed by atoms with van der Waals surface area (Å²) in [6.45, 7) is 4.36. The van der Waals surface area contributed by atoms with Gasteiger partial charge in [-0.3, -0.25) is 4.79 Å². The number of hydrogen-bond acceptors (Lipinski definition) is 5. The van der Waals surface area contributed by atoms with Crippen LogP contribution in [0, 0.1) is 0 Å². The number of carbonyl (C=O) groups is 1. The van der Waals surface area contributed by atoms with Crippen LogP contribution >= 0.6 is 0 Å². The highest BCUT2D eigenvalue weighted by atomic mass is 32.2. The Bertz CT molecular complexity index is 757. The maximum absolute atomic E-state index is 12.4. The van der Waals surface area contributed by atoms with E-state index in [1.165, 1.54) is 41.1 Å². The van der Waals surface area contributed by atoms with Crippen molar-refractivity contribution in [2.24, 2.45) is 0 Å². The van der Waals surface area contributed by atoms with Gasteiger partial charge in [-0.05, 0) is 30.3 Å². The first-order valence-electron chi connectivity index (χ1n) is 7.16. The van der Waals surface area contributed by atoms with E-state index < -0.39 is 10.0 Å². The predicted molar refractivity (Wildman–Crippen MR) is 86.5 cm³/mol. The van der Waals surface area contributed by atoms with E-state index in [0.29, 0.717) is 24.5 Å². The minimum Gasteiger partial charge on any atom is -0.306 e. The molecular weight excluding hydrogens is 316 g/mol. The van der Waals surface area contributed by atoms with Gasteiger partial charge in [-0.15, -0.1) is 0 Å². The highest BCUT2D eigenvalue weighted by Gasteiger charge is 2.21. The van der Waals surface area contributed by atoms with E-state index in [1.807, 2.05) is 0 Å². The van der Waals surface area contributed by atoms with Gasteiger partial charge < -0.3 is 5.32 Å². The van der Waals surface area contributed by atoms with Gasteiger partial charge in [-0.1, -0.05) is 13.8 Å². The average molecular weight is 334 g/mol. The molecule has 0 bridgehead atoms. The number of nitrogens with zero attached hydrogens (tertiary/aromatic N) is 3. The Balaban J connectivity index is 2.18. The number of nitrogens with one attached hydrogen (secondary N) is 1. The van der Waals surface area contributed by atoms with E-state index >= 15 is 0 Å². The fourth-order valence-electron chi connectivity index (χ4n) is 2.04. The Morgan fingerprint density at radius 2 is 1.78 bits per heavy atom. The summed E-state index contributed by atoms with van der Waals surface area (Å²) in [4.78, 5) is 19.9. The molecule has 0 radical (unpaired) electrons. The summed E-state index contributed by atoms with van der Waals surface area (Å²) in [5.41, 5.74) is 0.349. The average Bonchev–Trinajstić information content (AvgIpc) is 2.56. The van der Waals surface area contributed by atoms with Crippen molar-refractivity contribution < 1.29 is 13.2 Å². The molecule has 23 heavy (non-hydrogen) atoms. The van der Waals surface area contributed by atoms with Crippen LogP contribution in [-0.2, 0) is 10.0 Å². The first kappa shape index (κ1) is 17.0. The second-order valence-corrected chi connectivity index (χ2v) is 6.60. The number of hydrogen-bond donors (Lipinski definition) is 1. The molecule has 1 N–H and O–H groups in total.